The van der Waals surface area contributed by atoms with E-state index in [4.69, 9.17) is 9.72 Å². The van der Waals surface area contributed by atoms with Gasteiger partial charge in [0, 0.05) is 24.6 Å². The van der Waals surface area contributed by atoms with E-state index in [-0.39, 0.29) is 5.54 Å². The van der Waals surface area contributed by atoms with Gasteiger partial charge in [0.15, 0.2) is 0 Å². The Morgan fingerprint density at radius 2 is 2.05 bits per heavy atom. The van der Waals surface area contributed by atoms with Crippen LogP contribution >= 0.6 is 0 Å². The second-order valence-corrected chi connectivity index (χ2v) is 6.58. The number of rotatable bonds is 4. The van der Waals surface area contributed by atoms with Crippen LogP contribution in [0.5, 0.6) is 0 Å². The first-order valence-electron chi connectivity index (χ1n) is 7.84. The van der Waals surface area contributed by atoms with Crippen molar-refractivity contribution in [3.05, 3.63) is 11.4 Å². The lowest BCUT2D eigenvalue weighted by molar-refractivity contribution is 0.0638. The van der Waals surface area contributed by atoms with Gasteiger partial charge in [-0.2, -0.15) is 0 Å². The van der Waals surface area contributed by atoms with Gasteiger partial charge in [0.25, 0.3) is 0 Å². The van der Waals surface area contributed by atoms with E-state index >= 15 is 0 Å². The van der Waals surface area contributed by atoms with Crippen LogP contribution in [0.4, 0.5) is 11.6 Å². The molecule has 21 heavy (non-hydrogen) atoms. The zero-order valence-electron chi connectivity index (χ0n) is 14.2. The molecule has 5 heteroatoms. The molecule has 0 bridgehead atoms. The lowest BCUT2D eigenvalue weighted by atomic mass is 10.0. The van der Waals surface area contributed by atoms with Gasteiger partial charge in [-0.05, 0) is 27.7 Å². The molecule has 1 aromatic heterocycles. The quantitative estimate of drug-likeness (QED) is 0.924. The molecule has 1 fully saturated rings. The highest BCUT2D eigenvalue weighted by Gasteiger charge is 2.33. The van der Waals surface area contributed by atoms with Crippen molar-refractivity contribution in [3.63, 3.8) is 0 Å². The number of hydrogen-bond acceptors (Lipinski definition) is 5. The van der Waals surface area contributed by atoms with E-state index in [1.807, 2.05) is 0 Å². The third kappa shape index (κ3) is 3.28. The lowest BCUT2D eigenvalue weighted by Crippen LogP contribution is -2.54. The Hall–Kier alpha value is -1.36. The van der Waals surface area contributed by atoms with Crippen molar-refractivity contribution in [2.24, 2.45) is 0 Å². The van der Waals surface area contributed by atoms with Crippen LogP contribution in [0.2, 0.25) is 0 Å². The number of anilines is 2. The molecule has 1 N–H and O–H groups in total. The van der Waals surface area contributed by atoms with Crippen molar-refractivity contribution in [2.45, 2.75) is 53.0 Å². The molecule has 0 radical (unpaired) electrons. The Labute approximate surface area is 128 Å². The molecule has 1 aliphatic rings. The summed E-state index contributed by atoms with van der Waals surface area (Å²) in [4.78, 5) is 11.9. The Balaban J connectivity index is 2.50. The van der Waals surface area contributed by atoms with Crippen LogP contribution in [0.3, 0.4) is 0 Å². The van der Waals surface area contributed by atoms with E-state index in [0.717, 1.165) is 49.3 Å². The summed E-state index contributed by atoms with van der Waals surface area (Å²) in [5.41, 5.74) is 1.07. The van der Waals surface area contributed by atoms with Crippen molar-refractivity contribution in [3.8, 4) is 0 Å². The van der Waals surface area contributed by atoms with Gasteiger partial charge in [-0.15, -0.1) is 0 Å². The van der Waals surface area contributed by atoms with Gasteiger partial charge in [0.2, 0.25) is 0 Å². The van der Waals surface area contributed by atoms with Crippen LogP contribution in [0.25, 0.3) is 0 Å². The summed E-state index contributed by atoms with van der Waals surface area (Å²) in [5.74, 6) is 3.20. The Kier molecular flexibility index (Phi) is 4.71. The molecule has 0 unspecified atom stereocenters. The standard InChI is InChI=1S/C16H28N4O/c1-7-17-14-12(4)15(19-13(18-14)11(2)3)20-8-9-21-10-16(20,5)6/h11H,7-10H2,1-6H3,(H,17,18,19). The number of ether oxygens (including phenoxy) is 1. The number of morpholine rings is 1. The molecular weight excluding hydrogens is 264 g/mol. The van der Waals surface area contributed by atoms with Crippen molar-refractivity contribution < 1.29 is 4.74 Å². The van der Waals surface area contributed by atoms with Crippen LogP contribution < -0.4 is 10.2 Å². The first-order chi connectivity index (χ1) is 9.86. The normalized spacial score (nSPS) is 18.1. The van der Waals surface area contributed by atoms with E-state index < -0.39 is 0 Å². The fraction of sp³-hybridized carbons (Fsp3) is 0.750. The average Bonchev–Trinajstić information content (AvgIpc) is 2.41. The van der Waals surface area contributed by atoms with Crippen molar-refractivity contribution >= 4 is 11.6 Å². The van der Waals surface area contributed by atoms with Crippen LogP contribution in [0.1, 0.15) is 51.9 Å². The zero-order chi connectivity index (χ0) is 15.6. The molecule has 0 atom stereocenters. The molecule has 1 aliphatic heterocycles. The summed E-state index contributed by atoms with van der Waals surface area (Å²) in [7, 11) is 0. The smallest absolute Gasteiger partial charge is 0.137 e. The summed E-state index contributed by atoms with van der Waals surface area (Å²) < 4.78 is 5.63. The molecule has 0 spiro atoms. The maximum absolute atomic E-state index is 5.63. The minimum absolute atomic E-state index is 0.0465. The Morgan fingerprint density at radius 3 is 2.62 bits per heavy atom. The summed E-state index contributed by atoms with van der Waals surface area (Å²) in [6, 6.07) is 0. The van der Waals surface area contributed by atoms with Crippen molar-refractivity contribution in [2.75, 3.05) is 36.5 Å². The number of aromatic nitrogens is 2. The molecule has 2 rings (SSSR count). The van der Waals surface area contributed by atoms with Crippen molar-refractivity contribution in [1.29, 1.82) is 0 Å². The van der Waals surface area contributed by atoms with Crippen LogP contribution in [0, 0.1) is 6.92 Å². The molecule has 1 saturated heterocycles. The van der Waals surface area contributed by atoms with Crippen LogP contribution in [-0.2, 0) is 4.74 Å². The molecular formula is C16H28N4O. The molecule has 1 aromatic rings. The van der Waals surface area contributed by atoms with Gasteiger partial charge in [0.05, 0.1) is 18.8 Å². The van der Waals surface area contributed by atoms with Gasteiger partial charge in [-0.3, -0.25) is 0 Å². The van der Waals surface area contributed by atoms with E-state index in [1.165, 1.54) is 0 Å². The van der Waals surface area contributed by atoms with Gasteiger partial charge in [0.1, 0.15) is 17.5 Å². The average molecular weight is 292 g/mol. The minimum atomic E-state index is -0.0465. The van der Waals surface area contributed by atoms with Crippen LogP contribution in [0.15, 0.2) is 0 Å². The molecule has 0 amide bonds. The van der Waals surface area contributed by atoms with E-state index in [0.29, 0.717) is 5.92 Å². The highest BCUT2D eigenvalue weighted by Crippen LogP contribution is 2.32. The topological polar surface area (TPSA) is 50.3 Å². The summed E-state index contributed by atoms with van der Waals surface area (Å²) >= 11 is 0. The Morgan fingerprint density at radius 1 is 1.33 bits per heavy atom. The van der Waals surface area contributed by atoms with Gasteiger partial charge in [-0.1, -0.05) is 13.8 Å². The summed E-state index contributed by atoms with van der Waals surface area (Å²) in [5, 5.41) is 3.37. The largest absolute Gasteiger partial charge is 0.377 e. The first kappa shape index (κ1) is 16.0. The maximum Gasteiger partial charge on any atom is 0.137 e. The van der Waals surface area contributed by atoms with E-state index in [1.54, 1.807) is 0 Å². The maximum atomic E-state index is 5.63. The van der Waals surface area contributed by atoms with E-state index in [2.05, 4.69) is 56.7 Å². The third-order valence-corrected chi connectivity index (χ3v) is 3.90. The fourth-order valence-corrected chi connectivity index (χ4v) is 2.63. The van der Waals surface area contributed by atoms with E-state index in [9.17, 15) is 0 Å². The molecule has 5 nitrogen and oxygen atoms in total. The van der Waals surface area contributed by atoms with Gasteiger partial charge in [-0.25, -0.2) is 9.97 Å². The monoisotopic (exact) mass is 292 g/mol. The summed E-state index contributed by atoms with van der Waals surface area (Å²) in [6.07, 6.45) is 0. The predicted octanol–water partition coefficient (Wildman–Crippen LogP) is 2.96. The highest BCUT2D eigenvalue weighted by molar-refractivity contribution is 5.60. The van der Waals surface area contributed by atoms with Crippen LogP contribution in [-0.4, -0.2) is 41.8 Å². The number of nitrogens with one attached hydrogen (secondary N) is 1. The molecule has 2 heterocycles. The van der Waals surface area contributed by atoms with Crippen molar-refractivity contribution in [1.82, 2.24) is 9.97 Å². The zero-order valence-corrected chi connectivity index (χ0v) is 14.2. The predicted molar refractivity (Wildman–Crippen MR) is 87.3 cm³/mol. The first-order valence-corrected chi connectivity index (χ1v) is 7.84. The fourth-order valence-electron chi connectivity index (χ4n) is 2.63. The molecule has 0 aliphatic carbocycles. The second-order valence-electron chi connectivity index (χ2n) is 6.58. The summed E-state index contributed by atoms with van der Waals surface area (Å²) in [6.45, 7) is 16.1. The minimum Gasteiger partial charge on any atom is -0.377 e. The SMILES string of the molecule is CCNc1nc(C(C)C)nc(N2CCOCC2(C)C)c1C. The molecule has 118 valence electrons. The van der Waals surface area contributed by atoms with Gasteiger partial charge >= 0.3 is 0 Å². The third-order valence-electron chi connectivity index (χ3n) is 3.90. The highest BCUT2D eigenvalue weighted by atomic mass is 16.5. The molecule has 0 saturated carbocycles. The lowest BCUT2D eigenvalue weighted by Gasteiger charge is -2.43. The number of hydrogen-bond donors (Lipinski definition) is 1. The number of nitrogens with zero attached hydrogens (tertiary/aromatic N) is 3. The molecule has 0 aromatic carbocycles. The second kappa shape index (κ2) is 6.18. The Bertz CT molecular complexity index is 499. The van der Waals surface area contributed by atoms with Gasteiger partial charge < -0.3 is 15.0 Å².